The van der Waals surface area contributed by atoms with Gasteiger partial charge >= 0.3 is 12.0 Å². The van der Waals surface area contributed by atoms with Crippen molar-refractivity contribution < 1.29 is 28.3 Å². The van der Waals surface area contributed by atoms with Crippen LogP contribution in [-0.4, -0.2) is 51.1 Å². The van der Waals surface area contributed by atoms with Gasteiger partial charge < -0.3 is 25.2 Å². The molecule has 1 unspecified atom stereocenters. The molecule has 0 fully saturated rings. The number of carbonyl (C=O) groups excluding carboxylic acids is 2. The smallest absolute Gasteiger partial charge is 0.317 e. The highest BCUT2D eigenvalue weighted by molar-refractivity contribution is 5.74. The summed E-state index contributed by atoms with van der Waals surface area (Å²) in [4.78, 5) is 39.6. The number of carbonyl (C=O) groups is 3. The van der Waals surface area contributed by atoms with Crippen LogP contribution in [0.15, 0.2) is 42.7 Å². The number of nitrogens with zero attached hydrogens (tertiary/aromatic N) is 3. The maximum Gasteiger partial charge on any atom is 0.317 e. The number of benzene rings is 2. The zero-order valence-corrected chi connectivity index (χ0v) is 23.8. The molecule has 3 amide bonds. The Morgan fingerprint density at radius 1 is 1.15 bits per heavy atom. The molecule has 0 spiro atoms. The van der Waals surface area contributed by atoms with E-state index in [9.17, 15) is 23.2 Å². The van der Waals surface area contributed by atoms with E-state index in [0.29, 0.717) is 18.0 Å². The average molecular weight is 570 g/mol. The number of carboxylic acids is 1. The fraction of sp³-hybridized carbons (Fsp3) is 0.400. The van der Waals surface area contributed by atoms with Gasteiger partial charge in [0.25, 0.3) is 0 Å². The molecule has 0 saturated carbocycles. The van der Waals surface area contributed by atoms with Crippen molar-refractivity contribution in [2.75, 3.05) is 13.1 Å². The van der Waals surface area contributed by atoms with Gasteiger partial charge in [0, 0.05) is 37.6 Å². The Kier molecular flexibility index (Phi) is 11.0. The second kappa shape index (κ2) is 14.4. The van der Waals surface area contributed by atoms with Crippen molar-refractivity contribution >= 4 is 18.4 Å². The van der Waals surface area contributed by atoms with Gasteiger partial charge in [-0.2, -0.15) is 0 Å². The number of aromatic nitrogens is 2. The van der Waals surface area contributed by atoms with Crippen LogP contribution in [0.1, 0.15) is 55.2 Å². The standard InChI is InChI=1S/C18H17F2NO3.C12H20N4O/c1-10-4-3-5-11(2)17(10)12-6-13(18(20)14(19)7-12)15(21-9-22)8-16(23)24;1-10(2)3-4-14-12(17)16-8-7-15-6-5-13-11(15)9-16/h3-7,9,15H,8H2,1-2H3,(H,21,22)(H,23,24);5-6,10H,3-4,7-9H2,1-2H3,(H,14,17). The maximum absolute atomic E-state index is 14.2. The number of aliphatic carboxylic acids is 1. The molecular formula is C30H37F2N5O4. The van der Waals surface area contributed by atoms with Crippen molar-refractivity contribution in [2.45, 2.75) is 59.7 Å². The average Bonchev–Trinajstić information content (AvgIpc) is 3.38. The van der Waals surface area contributed by atoms with Crippen molar-refractivity contribution in [2.24, 2.45) is 5.92 Å². The van der Waals surface area contributed by atoms with Crippen LogP contribution in [-0.2, 0) is 22.7 Å². The zero-order valence-electron chi connectivity index (χ0n) is 23.8. The number of urea groups is 1. The summed E-state index contributed by atoms with van der Waals surface area (Å²) < 4.78 is 30.4. The van der Waals surface area contributed by atoms with Crippen LogP contribution in [0.5, 0.6) is 0 Å². The molecule has 220 valence electrons. The molecule has 0 bridgehead atoms. The molecule has 41 heavy (non-hydrogen) atoms. The van der Waals surface area contributed by atoms with Crippen molar-refractivity contribution in [3.63, 3.8) is 0 Å². The number of carboxylic acid groups (broad SMARTS) is 1. The van der Waals surface area contributed by atoms with Crippen LogP contribution in [0, 0.1) is 31.4 Å². The fourth-order valence-electron chi connectivity index (χ4n) is 4.72. The minimum absolute atomic E-state index is 0.0277. The van der Waals surface area contributed by atoms with E-state index in [-0.39, 0.29) is 18.0 Å². The predicted octanol–water partition coefficient (Wildman–Crippen LogP) is 4.96. The SMILES string of the molecule is CC(C)CCNC(=O)N1CCn2ccnc2C1.Cc1cccc(C)c1-c1cc(F)c(F)c(C(CC(=O)O)NC=O)c1. The molecule has 3 N–H and O–H groups in total. The number of rotatable bonds is 9. The Bertz CT molecular complexity index is 1350. The van der Waals surface area contributed by atoms with Crippen LogP contribution in [0.25, 0.3) is 11.1 Å². The first-order valence-corrected chi connectivity index (χ1v) is 13.5. The number of amides is 3. The molecule has 2 heterocycles. The summed E-state index contributed by atoms with van der Waals surface area (Å²) in [7, 11) is 0. The highest BCUT2D eigenvalue weighted by Gasteiger charge is 2.23. The van der Waals surface area contributed by atoms with Gasteiger partial charge in [0.2, 0.25) is 6.41 Å². The molecule has 3 aromatic rings. The number of aryl methyl sites for hydroxylation is 2. The molecule has 11 heteroatoms. The highest BCUT2D eigenvalue weighted by Crippen LogP contribution is 2.32. The third-order valence-corrected chi connectivity index (χ3v) is 6.88. The van der Waals surface area contributed by atoms with Crippen molar-refractivity contribution in [1.29, 1.82) is 0 Å². The summed E-state index contributed by atoms with van der Waals surface area (Å²) in [6, 6.07) is 6.89. The zero-order chi connectivity index (χ0) is 30.1. The number of hydrogen-bond donors (Lipinski definition) is 3. The lowest BCUT2D eigenvalue weighted by atomic mass is 9.92. The fourth-order valence-corrected chi connectivity index (χ4v) is 4.72. The van der Waals surface area contributed by atoms with Crippen molar-refractivity contribution in [3.8, 4) is 11.1 Å². The molecule has 1 aliphatic rings. The van der Waals surface area contributed by atoms with E-state index in [1.807, 2.05) is 43.1 Å². The normalized spacial score (nSPS) is 13.1. The van der Waals surface area contributed by atoms with Crippen LogP contribution >= 0.6 is 0 Å². The van der Waals surface area contributed by atoms with E-state index in [1.54, 1.807) is 6.20 Å². The van der Waals surface area contributed by atoms with Gasteiger partial charge in [-0.15, -0.1) is 0 Å². The van der Waals surface area contributed by atoms with E-state index in [4.69, 9.17) is 5.11 Å². The molecule has 4 rings (SSSR count). The minimum atomic E-state index is -1.23. The van der Waals surface area contributed by atoms with Crippen molar-refractivity contribution in [3.05, 3.63) is 76.9 Å². The van der Waals surface area contributed by atoms with Crippen molar-refractivity contribution in [1.82, 2.24) is 25.1 Å². The molecule has 0 saturated heterocycles. The van der Waals surface area contributed by atoms with E-state index >= 15 is 0 Å². The van der Waals surface area contributed by atoms with Crippen LogP contribution < -0.4 is 10.6 Å². The van der Waals surface area contributed by atoms with Gasteiger partial charge in [-0.3, -0.25) is 9.59 Å². The first kappa shape index (κ1) is 31.3. The maximum atomic E-state index is 14.2. The number of fused-ring (bicyclic) bond motifs is 1. The van der Waals surface area contributed by atoms with E-state index in [1.165, 1.54) is 6.07 Å². The molecule has 0 radical (unpaired) electrons. The van der Waals surface area contributed by atoms with E-state index in [2.05, 4.69) is 34.0 Å². The van der Waals surface area contributed by atoms with Gasteiger partial charge in [0.1, 0.15) is 5.82 Å². The van der Waals surface area contributed by atoms with E-state index < -0.39 is 30.1 Å². The first-order chi connectivity index (χ1) is 19.5. The minimum Gasteiger partial charge on any atom is -0.481 e. The molecule has 2 aromatic carbocycles. The van der Waals surface area contributed by atoms with E-state index in [0.717, 1.165) is 54.6 Å². The largest absolute Gasteiger partial charge is 0.481 e. The molecule has 1 aromatic heterocycles. The Morgan fingerprint density at radius 2 is 1.85 bits per heavy atom. The number of halogens is 2. The van der Waals surface area contributed by atoms with Gasteiger partial charge in [-0.25, -0.2) is 18.6 Å². The first-order valence-electron chi connectivity index (χ1n) is 13.5. The molecular weight excluding hydrogens is 532 g/mol. The molecule has 1 atom stereocenters. The number of nitrogens with one attached hydrogen (secondary N) is 2. The second-order valence-corrected chi connectivity index (χ2v) is 10.4. The lowest BCUT2D eigenvalue weighted by molar-refractivity contribution is -0.137. The van der Waals surface area contributed by atoms with Gasteiger partial charge in [-0.05, 0) is 60.6 Å². The Labute approximate surface area is 238 Å². The number of hydrogen-bond acceptors (Lipinski definition) is 4. The van der Waals surface area contributed by atoms with Crippen LogP contribution in [0.2, 0.25) is 0 Å². The summed E-state index contributed by atoms with van der Waals surface area (Å²) in [5.41, 5.74) is 2.75. The molecule has 0 aliphatic carbocycles. The summed E-state index contributed by atoms with van der Waals surface area (Å²) in [5.74, 6) is -1.89. The Hall–Kier alpha value is -4.28. The summed E-state index contributed by atoms with van der Waals surface area (Å²) in [5, 5.41) is 14.1. The topological polar surface area (TPSA) is 117 Å². The summed E-state index contributed by atoms with van der Waals surface area (Å²) in [6.07, 6.45) is 4.50. The van der Waals surface area contributed by atoms with Crippen LogP contribution in [0.3, 0.4) is 0 Å². The molecule has 9 nitrogen and oxygen atoms in total. The third-order valence-electron chi connectivity index (χ3n) is 6.88. The highest BCUT2D eigenvalue weighted by atomic mass is 19.2. The monoisotopic (exact) mass is 569 g/mol. The van der Waals surface area contributed by atoms with Gasteiger partial charge in [0.15, 0.2) is 11.6 Å². The number of imidazole rings is 1. The molecule has 1 aliphatic heterocycles. The quantitative estimate of drug-likeness (QED) is 0.315. The summed E-state index contributed by atoms with van der Waals surface area (Å²) >= 11 is 0. The summed E-state index contributed by atoms with van der Waals surface area (Å²) in [6.45, 7) is 11.0. The third kappa shape index (κ3) is 8.36. The Balaban J connectivity index is 0.000000239. The lowest BCUT2D eigenvalue weighted by Gasteiger charge is -2.27. The van der Waals surface area contributed by atoms with Gasteiger partial charge in [-0.1, -0.05) is 32.0 Å². The second-order valence-electron chi connectivity index (χ2n) is 10.4. The van der Waals surface area contributed by atoms with Gasteiger partial charge in [0.05, 0.1) is 19.0 Å². The predicted molar refractivity (Wildman–Crippen MR) is 151 cm³/mol. The Morgan fingerprint density at radius 3 is 2.49 bits per heavy atom. The van der Waals surface area contributed by atoms with Crippen LogP contribution in [0.4, 0.5) is 13.6 Å². The lowest BCUT2D eigenvalue weighted by Crippen LogP contribution is -2.44.